The fraction of sp³-hybridized carbons (Fsp3) is 0.194. The predicted molar refractivity (Wildman–Crippen MR) is 171 cm³/mol. The molecule has 1 saturated heterocycles. The van der Waals surface area contributed by atoms with Crippen molar-refractivity contribution in [3.63, 3.8) is 0 Å². The van der Waals surface area contributed by atoms with Gasteiger partial charge in [0.05, 0.1) is 16.3 Å². The average molecular weight is 625 g/mol. The van der Waals surface area contributed by atoms with Gasteiger partial charge in [0.2, 0.25) is 0 Å². The molecule has 10 heteroatoms. The number of nitrogens with zero attached hydrogens (tertiary/aromatic N) is 3. The molecule has 0 spiro atoms. The number of halogens is 2. The molecule has 1 aromatic heterocycles. The van der Waals surface area contributed by atoms with Crippen LogP contribution in [0.15, 0.2) is 83.9 Å². The zero-order valence-corrected chi connectivity index (χ0v) is 25.4. The Bertz CT molecular complexity index is 1570. The van der Waals surface area contributed by atoms with E-state index < -0.39 is 0 Å². The first-order chi connectivity index (χ1) is 19.9. The van der Waals surface area contributed by atoms with Crippen LogP contribution in [0.25, 0.3) is 23.0 Å². The van der Waals surface area contributed by atoms with Gasteiger partial charge in [-0.05, 0) is 68.0 Å². The topological polar surface area (TPSA) is 56.6 Å². The van der Waals surface area contributed by atoms with Gasteiger partial charge in [0, 0.05) is 52.7 Å². The minimum Gasteiger partial charge on any atom is -0.489 e. The molecule has 3 aromatic carbocycles. The van der Waals surface area contributed by atoms with Gasteiger partial charge < -0.3 is 9.47 Å². The summed E-state index contributed by atoms with van der Waals surface area (Å²) < 4.78 is 13.7. The number of benzene rings is 3. The summed E-state index contributed by atoms with van der Waals surface area (Å²) in [7, 11) is 0. The Labute approximate surface area is 258 Å². The molecule has 6 nitrogen and oxygen atoms in total. The van der Waals surface area contributed by atoms with Crippen molar-refractivity contribution in [2.75, 3.05) is 19.8 Å². The number of amides is 1. The molecule has 1 fully saturated rings. The van der Waals surface area contributed by atoms with E-state index in [0.717, 1.165) is 34.5 Å². The van der Waals surface area contributed by atoms with Crippen LogP contribution >= 0.6 is 47.2 Å². The third-order valence-corrected chi connectivity index (χ3v) is 8.30. The van der Waals surface area contributed by atoms with Crippen molar-refractivity contribution in [2.45, 2.75) is 20.0 Å². The van der Waals surface area contributed by atoms with E-state index >= 15 is 0 Å². The zero-order valence-electron chi connectivity index (χ0n) is 22.3. The quantitative estimate of drug-likeness (QED) is 0.0957. The molecule has 0 bridgehead atoms. The maximum absolute atomic E-state index is 13.2. The van der Waals surface area contributed by atoms with Crippen molar-refractivity contribution < 1.29 is 14.3 Å². The third-order valence-electron chi connectivity index (χ3n) is 6.34. The van der Waals surface area contributed by atoms with Crippen LogP contribution in [0.1, 0.15) is 24.5 Å². The Morgan fingerprint density at radius 2 is 1.83 bits per heavy atom. The summed E-state index contributed by atoms with van der Waals surface area (Å²) in [5.41, 5.74) is 4.19. The van der Waals surface area contributed by atoms with E-state index in [2.05, 4.69) is 0 Å². The molecule has 0 saturated carbocycles. The van der Waals surface area contributed by atoms with Gasteiger partial charge in [0.15, 0.2) is 0 Å². The average Bonchev–Trinajstić information content (AvgIpc) is 3.51. The van der Waals surface area contributed by atoms with E-state index in [-0.39, 0.29) is 5.91 Å². The van der Waals surface area contributed by atoms with Crippen molar-refractivity contribution in [3.8, 4) is 22.7 Å². The Kier molecular flexibility index (Phi) is 9.80. The second-order valence-corrected chi connectivity index (χ2v) is 11.7. The minimum atomic E-state index is -0.0977. The van der Waals surface area contributed by atoms with E-state index in [1.54, 1.807) is 17.0 Å². The van der Waals surface area contributed by atoms with Crippen molar-refractivity contribution in [3.05, 3.63) is 105 Å². The highest BCUT2D eigenvalue weighted by Gasteiger charge is 2.32. The van der Waals surface area contributed by atoms with Crippen LogP contribution < -0.4 is 4.74 Å². The largest absolute Gasteiger partial charge is 0.489 e. The first-order valence-corrected chi connectivity index (χ1v) is 15.1. The number of aromatic nitrogens is 2. The van der Waals surface area contributed by atoms with E-state index in [1.165, 1.54) is 11.8 Å². The van der Waals surface area contributed by atoms with E-state index in [4.69, 9.17) is 50.0 Å². The highest BCUT2D eigenvalue weighted by atomic mass is 35.5. The molecule has 0 radical (unpaired) electrons. The van der Waals surface area contributed by atoms with E-state index in [9.17, 15) is 4.79 Å². The molecule has 1 aliphatic heterocycles. The molecule has 1 aliphatic rings. The van der Waals surface area contributed by atoms with Crippen LogP contribution in [-0.4, -0.2) is 44.7 Å². The molecular weight excluding hydrogens is 597 g/mol. The number of carbonyl (C=O) groups excluding carboxylic acids is 1. The maximum Gasteiger partial charge on any atom is 0.266 e. The maximum atomic E-state index is 13.2. The molecule has 0 N–H and O–H groups in total. The normalized spacial score (nSPS) is 14.3. The molecule has 210 valence electrons. The molecule has 5 rings (SSSR count). The van der Waals surface area contributed by atoms with Crippen molar-refractivity contribution >= 4 is 63.5 Å². The number of para-hydroxylation sites is 1. The third kappa shape index (κ3) is 7.20. The summed E-state index contributed by atoms with van der Waals surface area (Å²) in [5.74, 6) is 0.594. The minimum absolute atomic E-state index is 0.0977. The Hall–Kier alpha value is -3.14. The van der Waals surface area contributed by atoms with Crippen LogP contribution in [0.5, 0.6) is 5.75 Å². The molecular formula is C31H27Cl2N3O3S2. The number of hydrogen-bond donors (Lipinski definition) is 0. The fourth-order valence-corrected chi connectivity index (χ4v) is 6.00. The SMILES string of the molecule is CCOCCCN1C(=O)/C(=C/c2cn(-c3ccccc3)nc2-c2ccc(OCc3ccc(Cl)cc3Cl)cc2)SC1=S. The summed E-state index contributed by atoms with van der Waals surface area (Å²) in [4.78, 5) is 15.4. The van der Waals surface area contributed by atoms with Crippen molar-refractivity contribution in [1.29, 1.82) is 0 Å². The summed E-state index contributed by atoms with van der Waals surface area (Å²) in [6, 6.07) is 22.9. The lowest BCUT2D eigenvalue weighted by Gasteiger charge is -2.13. The van der Waals surface area contributed by atoms with Crippen LogP contribution in [-0.2, 0) is 16.1 Å². The summed E-state index contributed by atoms with van der Waals surface area (Å²) >= 11 is 19.1. The Balaban J connectivity index is 1.40. The van der Waals surface area contributed by atoms with Gasteiger partial charge in [-0.3, -0.25) is 9.69 Å². The smallest absolute Gasteiger partial charge is 0.266 e. The van der Waals surface area contributed by atoms with Crippen LogP contribution in [0.4, 0.5) is 0 Å². The number of carbonyl (C=O) groups is 1. The standard InChI is InChI=1S/C31H27Cl2N3O3S2/c1-2-38-16-6-15-35-30(37)28(41-31(35)40)17-23-19-36(25-7-4-3-5-8-25)34-29(23)21-10-13-26(14-11-21)39-20-22-9-12-24(32)18-27(22)33/h3-5,7-14,17-19H,2,6,15-16,20H2,1H3/b28-17-. The van der Waals surface area contributed by atoms with Gasteiger partial charge in [0.25, 0.3) is 5.91 Å². The predicted octanol–water partition coefficient (Wildman–Crippen LogP) is 8.05. The van der Waals surface area contributed by atoms with Gasteiger partial charge in [-0.15, -0.1) is 0 Å². The molecule has 2 heterocycles. The van der Waals surface area contributed by atoms with Gasteiger partial charge in [-0.2, -0.15) is 5.10 Å². The number of ether oxygens (including phenoxy) is 2. The van der Waals surface area contributed by atoms with Gasteiger partial charge >= 0.3 is 0 Å². The molecule has 0 atom stereocenters. The lowest BCUT2D eigenvalue weighted by molar-refractivity contribution is -0.122. The highest BCUT2D eigenvalue weighted by Crippen LogP contribution is 2.35. The number of thiocarbonyl (C=S) groups is 1. The molecule has 1 amide bonds. The van der Waals surface area contributed by atoms with Gasteiger partial charge in [0.1, 0.15) is 16.7 Å². The molecule has 0 aliphatic carbocycles. The van der Waals surface area contributed by atoms with Crippen molar-refractivity contribution in [2.24, 2.45) is 0 Å². The monoisotopic (exact) mass is 623 g/mol. The molecule has 0 unspecified atom stereocenters. The van der Waals surface area contributed by atoms with E-state index in [1.807, 2.05) is 84.5 Å². The van der Waals surface area contributed by atoms with Gasteiger partial charge in [-0.25, -0.2) is 4.68 Å². The number of hydrogen-bond acceptors (Lipinski definition) is 6. The fourth-order valence-electron chi connectivity index (χ4n) is 4.24. The van der Waals surface area contributed by atoms with Gasteiger partial charge in [-0.1, -0.05) is 71.4 Å². The molecule has 41 heavy (non-hydrogen) atoms. The highest BCUT2D eigenvalue weighted by molar-refractivity contribution is 8.26. The second-order valence-electron chi connectivity index (χ2n) is 9.15. The van der Waals surface area contributed by atoms with Crippen molar-refractivity contribution in [1.82, 2.24) is 14.7 Å². The Morgan fingerprint density at radius 3 is 2.56 bits per heavy atom. The second kappa shape index (κ2) is 13.7. The first-order valence-electron chi connectivity index (χ1n) is 13.1. The van der Waals surface area contributed by atoms with Crippen LogP contribution in [0, 0.1) is 0 Å². The van der Waals surface area contributed by atoms with Crippen LogP contribution in [0.3, 0.4) is 0 Å². The number of thioether (sulfide) groups is 1. The summed E-state index contributed by atoms with van der Waals surface area (Å²) in [5, 5.41) is 6.03. The summed E-state index contributed by atoms with van der Waals surface area (Å²) in [6.45, 7) is 4.04. The van der Waals surface area contributed by atoms with Crippen LogP contribution in [0.2, 0.25) is 10.0 Å². The Morgan fingerprint density at radius 1 is 1.05 bits per heavy atom. The zero-order chi connectivity index (χ0) is 28.8. The first kappa shape index (κ1) is 29.4. The lowest BCUT2D eigenvalue weighted by Crippen LogP contribution is -2.29. The summed E-state index contributed by atoms with van der Waals surface area (Å²) in [6.07, 6.45) is 4.53. The molecule has 4 aromatic rings. The number of rotatable bonds is 11. The van der Waals surface area contributed by atoms with E-state index in [0.29, 0.717) is 51.4 Å². The lowest BCUT2D eigenvalue weighted by atomic mass is 10.1.